The molecule has 2 aromatic heterocycles. The van der Waals surface area contributed by atoms with Crippen molar-refractivity contribution in [2.24, 2.45) is 0 Å². The van der Waals surface area contributed by atoms with Gasteiger partial charge in [-0.3, -0.25) is 14.7 Å². The summed E-state index contributed by atoms with van der Waals surface area (Å²) >= 11 is 6.07. The van der Waals surface area contributed by atoms with Crippen LogP contribution in [-0.4, -0.2) is 68.6 Å². The number of benzene rings is 1. The third-order valence-corrected chi connectivity index (χ3v) is 7.00. The first-order valence-electron chi connectivity index (χ1n) is 11.3. The molecule has 0 unspecified atom stereocenters. The summed E-state index contributed by atoms with van der Waals surface area (Å²) in [6, 6.07) is 7.34. The number of nitrogens with zero attached hydrogens (tertiary/aromatic N) is 3. The van der Waals surface area contributed by atoms with Gasteiger partial charge in [0.1, 0.15) is 5.69 Å². The van der Waals surface area contributed by atoms with Crippen LogP contribution in [0.15, 0.2) is 24.3 Å². The summed E-state index contributed by atoms with van der Waals surface area (Å²) in [5.74, 6) is -0.239. The number of amides is 2. The lowest BCUT2D eigenvalue weighted by Gasteiger charge is -2.30. The molecule has 174 valence electrons. The molecule has 0 atom stereocenters. The summed E-state index contributed by atoms with van der Waals surface area (Å²) < 4.78 is 5.81. The van der Waals surface area contributed by atoms with Crippen molar-refractivity contribution in [2.45, 2.75) is 51.3 Å². The zero-order chi connectivity index (χ0) is 23.3. The Labute approximate surface area is 197 Å². The quantitative estimate of drug-likeness (QED) is 0.574. The number of fused-ring (bicyclic) bond motifs is 2. The van der Waals surface area contributed by atoms with Gasteiger partial charge >= 0.3 is 0 Å². The summed E-state index contributed by atoms with van der Waals surface area (Å²) in [7, 11) is 1.82. The van der Waals surface area contributed by atoms with Gasteiger partial charge in [-0.15, -0.1) is 0 Å². The highest BCUT2D eigenvalue weighted by Crippen LogP contribution is 2.42. The lowest BCUT2D eigenvalue weighted by atomic mass is 10.0. The number of nitrogens with one attached hydrogen (secondary N) is 2. The normalized spacial score (nSPS) is 16.8. The zero-order valence-electron chi connectivity index (χ0n) is 19.1. The predicted molar refractivity (Wildman–Crippen MR) is 125 cm³/mol. The van der Waals surface area contributed by atoms with E-state index in [1.165, 1.54) is 0 Å². The molecule has 5 rings (SSSR count). The molecular formula is C24H28ClN5O3. The Kier molecular flexibility index (Phi) is 5.45. The van der Waals surface area contributed by atoms with Crippen LogP contribution in [0, 0.1) is 0 Å². The number of halogens is 1. The van der Waals surface area contributed by atoms with Crippen LogP contribution in [0.25, 0.3) is 10.9 Å². The SMILES string of the molecule is CC(C)OCC1(N(C)C(=O)c2n[nH]c3c2CN(C(=O)c2cc4ccc(Cl)cc4[nH]2)CC3)CC1. The largest absolute Gasteiger partial charge is 0.376 e. The monoisotopic (exact) mass is 469 g/mol. The lowest BCUT2D eigenvalue weighted by molar-refractivity contribution is 0.0200. The Balaban J connectivity index is 1.35. The van der Waals surface area contributed by atoms with Gasteiger partial charge in [0.2, 0.25) is 0 Å². The van der Waals surface area contributed by atoms with E-state index in [2.05, 4.69) is 15.2 Å². The minimum Gasteiger partial charge on any atom is -0.376 e. The van der Waals surface area contributed by atoms with Gasteiger partial charge in [0.25, 0.3) is 11.8 Å². The summed E-state index contributed by atoms with van der Waals surface area (Å²) in [6.07, 6.45) is 2.58. The van der Waals surface area contributed by atoms with Crippen LogP contribution in [0.4, 0.5) is 0 Å². The second-order valence-corrected chi connectivity index (χ2v) is 9.81. The summed E-state index contributed by atoms with van der Waals surface area (Å²) in [4.78, 5) is 33.3. The van der Waals surface area contributed by atoms with E-state index in [4.69, 9.17) is 16.3 Å². The third kappa shape index (κ3) is 4.02. The molecule has 1 fully saturated rings. The molecule has 0 bridgehead atoms. The first kappa shape index (κ1) is 22.0. The van der Waals surface area contributed by atoms with Crippen LogP contribution < -0.4 is 0 Å². The molecule has 33 heavy (non-hydrogen) atoms. The van der Waals surface area contributed by atoms with Gasteiger partial charge in [-0.25, -0.2) is 0 Å². The van der Waals surface area contributed by atoms with E-state index in [1.807, 2.05) is 33.0 Å². The second-order valence-electron chi connectivity index (χ2n) is 9.37. The van der Waals surface area contributed by atoms with Crippen LogP contribution in [0.5, 0.6) is 0 Å². The Bertz CT molecular complexity index is 1230. The summed E-state index contributed by atoms with van der Waals surface area (Å²) in [6.45, 7) is 5.41. The Hall–Kier alpha value is -2.84. The maximum Gasteiger partial charge on any atom is 0.274 e. The third-order valence-electron chi connectivity index (χ3n) is 6.77. The van der Waals surface area contributed by atoms with Crippen molar-refractivity contribution >= 4 is 34.3 Å². The van der Waals surface area contributed by atoms with Crippen molar-refractivity contribution in [3.63, 3.8) is 0 Å². The van der Waals surface area contributed by atoms with Crippen LogP contribution >= 0.6 is 11.6 Å². The van der Waals surface area contributed by atoms with E-state index < -0.39 is 0 Å². The number of hydrogen-bond donors (Lipinski definition) is 2. The van der Waals surface area contributed by atoms with Crippen molar-refractivity contribution in [3.8, 4) is 0 Å². The van der Waals surface area contributed by atoms with Gasteiger partial charge in [0.15, 0.2) is 5.69 Å². The number of H-pyrrole nitrogens is 2. The van der Waals surface area contributed by atoms with Gasteiger partial charge in [-0.1, -0.05) is 17.7 Å². The summed E-state index contributed by atoms with van der Waals surface area (Å²) in [5.41, 5.74) is 3.18. The number of likely N-dealkylation sites (N-methyl/N-ethyl adjacent to an activating group) is 1. The topological polar surface area (TPSA) is 94.3 Å². The Morgan fingerprint density at radius 3 is 2.82 bits per heavy atom. The van der Waals surface area contributed by atoms with E-state index in [1.54, 1.807) is 21.9 Å². The molecule has 1 saturated carbocycles. The molecule has 2 amide bonds. The fourth-order valence-electron chi connectivity index (χ4n) is 4.45. The molecule has 3 heterocycles. The van der Waals surface area contributed by atoms with Gasteiger partial charge in [0, 0.05) is 47.2 Å². The number of carbonyl (C=O) groups excluding carboxylic acids is 2. The van der Waals surface area contributed by atoms with Crippen molar-refractivity contribution in [1.29, 1.82) is 0 Å². The Morgan fingerprint density at radius 2 is 2.09 bits per heavy atom. The van der Waals surface area contributed by atoms with Crippen molar-refractivity contribution < 1.29 is 14.3 Å². The number of aromatic amines is 2. The molecule has 0 radical (unpaired) electrons. The van der Waals surface area contributed by atoms with E-state index in [9.17, 15) is 9.59 Å². The van der Waals surface area contributed by atoms with Crippen molar-refractivity contribution in [3.05, 3.63) is 51.9 Å². The molecule has 0 saturated heterocycles. The van der Waals surface area contributed by atoms with Crippen molar-refractivity contribution in [2.75, 3.05) is 20.2 Å². The summed E-state index contributed by atoms with van der Waals surface area (Å²) in [5, 5.41) is 8.92. The van der Waals surface area contributed by atoms with E-state index >= 15 is 0 Å². The average molecular weight is 470 g/mol. The van der Waals surface area contributed by atoms with Crippen LogP contribution in [0.2, 0.25) is 5.02 Å². The molecular weight excluding hydrogens is 442 g/mol. The van der Waals surface area contributed by atoms with Crippen LogP contribution in [0.1, 0.15) is 58.9 Å². The highest BCUT2D eigenvalue weighted by atomic mass is 35.5. The molecule has 8 nitrogen and oxygen atoms in total. The molecule has 1 aliphatic heterocycles. The average Bonchev–Trinajstić information content (AvgIpc) is 3.29. The predicted octanol–water partition coefficient (Wildman–Crippen LogP) is 3.77. The fraction of sp³-hybridized carbons (Fsp3) is 0.458. The van der Waals surface area contributed by atoms with E-state index in [-0.39, 0.29) is 23.5 Å². The molecule has 9 heteroatoms. The standard InChI is InChI=1S/C24H28ClN5O3/c1-14(2)33-13-24(7-8-24)29(3)23(32)21-17-12-30(9-6-18(17)27-28-21)22(31)20-10-15-4-5-16(25)11-19(15)26-20/h4-5,10-11,14,26H,6-9,12-13H2,1-3H3,(H,27,28). The van der Waals surface area contributed by atoms with Gasteiger partial charge in [-0.05, 0) is 44.9 Å². The first-order valence-corrected chi connectivity index (χ1v) is 11.7. The molecule has 0 spiro atoms. The molecule has 3 aromatic rings. The van der Waals surface area contributed by atoms with E-state index in [0.29, 0.717) is 42.5 Å². The maximum atomic E-state index is 13.4. The smallest absolute Gasteiger partial charge is 0.274 e. The molecule has 1 aliphatic carbocycles. The highest BCUT2D eigenvalue weighted by Gasteiger charge is 2.50. The molecule has 2 N–H and O–H groups in total. The number of ether oxygens (including phenoxy) is 1. The molecule has 1 aromatic carbocycles. The maximum absolute atomic E-state index is 13.4. The van der Waals surface area contributed by atoms with Gasteiger partial charge in [0.05, 0.1) is 24.8 Å². The minimum absolute atomic E-state index is 0.107. The first-order chi connectivity index (χ1) is 15.8. The number of carbonyl (C=O) groups is 2. The number of hydrogen-bond acceptors (Lipinski definition) is 4. The van der Waals surface area contributed by atoms with Crippen LogP contribution in [-0.2, 0) is 17.7 Å². The van der Waals surface area contributed by atoms with Gasteiger partial charge < -0.3 is 19.5 Å². The van der Waals surface area contributed by atoms with Gasteiger partial charge in [-0.2, -0.15) is 5.10 Å². The second kappa shape index (κ2) is 8.18. The molecule has 2 aliphatic rings. The number of aromatic nitrogens is 3. The number of rotatable bonds is 6. The zero-order valence-corrected chi connectivity index (χ0v) is 19.8. The fourth-order valence-corrected chi connectivity index (χ4v) is 4.62. The highest BCUT2D eigenvalue weighted by molar-refractivity contribution is 6.31. The lowest BCUT2D eigenvalue weighted by Crippen LogP contribution is -2.43. The van der Waals surface area contributed by atoms with E-state index in [0.717, 1.165) is 35.0 Å². The minimum atomic E-state index is -0.261. The van der Waals surface area contributed by atoms with Crippen molar-refractivity contribution in [1.82, 2.24) is 25.0 Å². The Morgan fingerprint density at radius 1 is 1.30 bits per heavy atom. The van der Waals surface area contributed by atoms with Crippen LogP contribution in [0.3, 0.4) is 0 Å².